The fourth-order valence-corrected chi connectivity index (χ4v) is 3.89. The Morgan fingerprint density at radius 3 is 3.00 bits per heavy atom. The lowest BCUT2D eigenvalue weighted by Gasteiger charge is -2.31. The molecule has 1 aliphatic heterocycles. The van der Waals surface area contributed by atoms with Gasteiger partial charge in [0.2, 0.25) is 11.6 Å². The number of carbonyl (C=O) groups excluding carboxylic acids is 1. The fraction of sp³-hybridized carbons (Fsp3) is 0.400. The van der Waals surface area contributed by atoms with E-state index in [0.717, 1.165) is 25.1 Å². The third kappa shape index (κ3) is 3.85. The third-order valence-electron chi connectivity index (χ3n) is 5.27. The topological polar surface area (TPSA) is 84.5 Å². The van der Waals surface area contributed by atoms with E-state index < -0.39 is 0 Å². The predicted octanol–water partition coefficient (Wildman–Crippen LogP) is 2.73. The monoisotopic (exact) mass is 414 g/mol. The molecule has 0 saturated carbocycles. The van der Waals surface area contributed by atoms with Crippen LogP contribution in [-0.2, 0) is 11.3 Å². The molecule has 3 heterocycles. The number of aromatic nitrogens is 4. The molecule has 0 spiro atoms. The van der Waals surface area contributed by atoms with Crippen molar-refractivity contribution in [2.75, 3.05) is 23.3 Å². The molecule has 152 valence electrons. The molecule has 0 radical (unpaired) electrons. The largest absolute Gasteiger partial charge is 0.353 e. The van der Waals surface area contributed by atoms with Gasteiger partial charge < -0.3 is 10.2 Å². The molecule has 8 nitrogen and oxygen atoms in total. The van der Waals surface area contributed by atoms with E-state index in [1.54, 1.807) is 30.6 Å². The van der Waals surface area contributed by atoms with Gasteiger partial charge in [0.05, 0.1) is 0 Å². The minimum Gasteiger partial charge on any atom is -0.353 e. The lowest BCUT2D eigenvalue weighted by atomic mass is 10.0. The summed E-state index contributed by atoms with van der Waals surface area (Å²) in [6.07, 6.45) is 5.45. The summed E-state index contributed by atoms with van der Waals surface area (Å²) in [7, 11) is 0. The number of piperidine rings is 1. The molecule has 1 aliphatic rings. The lowest BCUT2D eigenvalue weighted by Crippen LogP contribution is -2.35. The Labute approximate surface area is 173 Å². The number of nitrogens with one attached hydrogen (secondary N) is 1. The predicted molar refractivity (Wildman–Crippen MR) is 113 cm³/mol. The van der Waals surface area contributed by atoms with E-state index in [-0.39, 0.29) is 18.1 Å². The number of carbonyl (C=O) groups is 1. The van der Waals surface area contributed by atoms with E-state index in [1.165, 1.54) is 15.5 Å². The van der Waals surface area contributed by atoms with Crippen LogP contribution in [0.15, 0.2) is 35.4 Å². The van der Waals surface area contributed by atoms with Gasteiger partial charge in [-0.1, -0.05) is 24.6 Å². The van der Waals surface area contributed by atoms with Crippen LogP contribution >= 0.6 is 11.6 Å². The number of anilines is 2. The van der Waals surface area contributed by atoms with Crippen molar-refractivity contribution in [2.45, 2.75) is 33.2 Å². The van der Waals surface area contributed by atoms with E-state index in [2.05, 4.69) is 27.2 Å². The Kier molecular flexibility index (Phi) is 5.27. The van der Waals surface area contributed by atoms with Gasteiger partial charge in [-0.15, -0.1) is 5.10 Å². The lowest BCUT2D eigenvalue weighted by molar-refractivity contribution is -0.117. The molecular formula is C20H23ClN6O2. The molecule has 1 saturated heterocycles. The Balaban J connectivity index is 1.60. The van der Waals surface area contributed by atoms with Crippen molar-refractivity contribution in [1.82, 2.24) is 19.2 Å². The molecule has 1 aromatic carbocycles. The summed E-state index contributed by atoms with van der Waals surface area (Å²) in [5.41, 5.74) is 1.49. The smallest absolute Gasteiger partial charge is 0.350 e. The Bertz CT molecular complexity index is 1120. The molecule has 2 aromatic heterocycles. The van der Waals surface area contributed by atoms with Crippen molar-refractivity contribution in [3.05, 3.63) is 51.7 Å². The highest BCUT2D eigenvalue weighted by Gasteiger charge is 2.22. The van der Waals surface area contributed by atoms with Crippen molar-refractivity contribution >= 4 is 34.7 Å². The maximum Gasteiger partial charge on any atom is 0.350 e. The Hall–Kier alpha value is -2.87. The molecule has 1 fully saturated rings. The maximum atomic E-state index is 12.8. The molecular weight excluding hydrogens is 392 g/mol. The van der Waals surface area contributed by atoms with Gasteiger partial charge >= 0.3 is 5.69 Å². The second kappa shape index (κ2) is 7.87. The quantitative estimate of drug-likeness (QED) is 0.709. The number of benzene rings is 1. The summed E-state index contributed by atoms with van der Waals surface area (Å²) in [5, 5.41) is 7.78. The number of rotatable bonds is 4. The standard InChI is InChI=1S/C20H23ClN6O2/c1-13-5-4-9-25(11-13)18-19-24-27(20(29)26(19)10-8-22-18)12-17(28)23-16-7-3-6-15(21)14(16)2/h3,6-8,10,13H,4-5,9,11-12H2,1-2H3,(H,23,28)/t13-/m1/s1. The number of amides is 1. The minimum atomic E-state index is -0.369. The summed E-state index contributed by atoms with van der Waals surface area (Å²) < 4.78 is 2.61. The summed E-state index contributed by atoms with van der Waals surface area (Å²) >= 11 is 6.10. The van der Waals surface area contributed by atoms with Crippen LogP contribution in [-0.4, -0.2) is 38.2 Å². The van der Waals surface area contributed by atoms with E-state index in [0.29, 0.717) is 28.1 Å². The van der Waals surface area contributed by atoms with Gasteiger partial charge in [-0.25, -0.2) is 18.9 Å². The van der Waals surface area contributed by atoms with E-state index in [1.807, 2.05) is 6.92 Å². The average molecular weight is 415 g/mol. The second-order valence-electron chi connectivity index (χ2n) is 7.54. The Morgan fingerprint density at radius 2 is 2.21 bits per heavy atom. The van der Waals surface area contributed by atoms with E-state index >= 15 is 0 Å². The van der Waals surface area contributed by atoms with Crippen LogP contribution in [0.3, 0.4) is 0 Å². The normalized spacial score (nSPS) is 16.9. The average Bonchev–Trinajstić information content (AvgIpc) is 3.01. The van der Waals surface area contributed by atoms with Gasteiger partial charge in [0.15, 0.2) is 5.82 Å². The van der Waals surface area contributed by atoms with Crippen molar-refractivity contribution in [1.29, 1.82) is 0 Å². The van der Waals surface area contributed by atoms with Crippen LogP contribution in [0.1, 0.15) is 25.3 Å². The molecule has 0 unspecified atom stereocenters. The molecule has 1 amide bonds. The zero-order chi connectivity index (χ0) is 20.5. The number of hydrogen-bond acceptors (Lipinski definition) is 5. The molecule has 4 rings (SSSR count). The maximum absolute atomic E-state index is 12.8. The van der Waals surface area contributed by atoms with Crippen LogP contribution in [0.5, 0.6) is 0 Å². The van der Waals surface area contributed by atoms with Gasteiger partial charge in [-0.05, 0) is 43.4 Å². The van der Waals surface area contributed by atoms with Crippen LogP contribution in [0.25, 0.3) is 5.65 Å². The van der Waals surface area contributed by atoms with Gasteiger partial charge in [0, 0.05) is 36.2 Å². The Morgan fingerprint density at radius 1 is 1.38 bits per heavy atom. The van der Waals surface area contributed by atoms with Gasteiger partial charge in [0.25, 0.3) is 0 Å². The SMILES string of the molecule is Cc1c(Cl)cccc1NC(=O)Cn1nc2c(N3CCC[C@@H](C)C3)nccn2c1=O. The zero-order valence-electron chi connectivity index (χ0n) is 16.4. The first kappa shape index (κ1) is 19.4. The highest BCUT2D eigenvalue weighted by atomic mass is 35.5. The summed E-state index contributed by atoms with van der Waals surface area (Å²) in [6.45, 7) is 5.60. The molecule has 1 atom stereocenters. The van der Waals surface area contributed by atoms with E-state index in [4.69, 9.17) is 11.6 Å². The number of halogens is 1. The molecule has 0 aliphatic carbocycles. The highest BCUT2D eigenvalue weighted by molar-refractivity contribution is 6.31. The van der Waals surface area contributed by atoms with Crippen molar-refractivity contribution in [3.8, 4) is 0 Å². The summed E-state index contributed by atoms with van der Waals surface area (Å²) in [5.74, 6) is 0.897. The summed E-state index contributed by atoms with van der Waals surface area (Å²) in [6, 6.07) is 5.29. The molecule has 1 N–H and O–H groups in total. The number of hydrogen-bond donors (Lipinski definition) is 1. The van der Waals surface area contributed by atoms with Gasteiger partial charge in [-0.2, -0.15) is 0 Å². The first-order chi connectivity index (χ1) is 13.9. The highest BCUT2D eigenvalue weighted by Crippen LogP contribution is 2.24. The number of nitrogens with zero attached hydrogens (tertiary/aromatic N) is 5. The fourth-order valence-electron chi connectivity index (χ4n) is 3.71. The molecule has 29 heavy (non-hydrogen) atoms. The van der Waals surface area contributed by atoms with Crippen LogP contribution in [0.2, 0.25) is 5.02 Å². The second-order valence-corrected chi connectivity index (χ2v) is 7.95. The first-order valence-corrected chi connectivity index (χ1v) is 10.1. The number of fused-ring (bicyclic) bond motifs is 1. The van der Waals surface area contributed by atoms with Crippen LogP contribution in [0.4, 0.5) is 11.5 Å². The van der Waals surface area contributed by atoms with E-state index in [9.17, 15) is 9.59 Å². The van der Waals surface area contributed by atoms with Crippen molar-refractivity contribution < 1.29 is 4.79 Å². The van der Waals surface area contributed by atoms with Crippen LogP contribution < -0.4 is 15.9 Å². The minimum absolute atomic E-state index is 0.192. The molecule has 9 heteroatoms. The molecule has 3 aromatic rings. The third-order valence-corrected chi connectivity index (χ3v) is 5.68. The van der Waals surface area contributed by atoms with Gasteiger partial charge in [-0.3, -0.25) is 4.79 Å². The first-order valence-electron chi connectivity index (χ1n) is 9.68. The van der Waals surface area contributed by atoms with Gasteiger partial charge in [0.1, 0.15) is 6.54 Å². The summed E-state index contributed by atoms with van der Waals surface area (Å²) in [4.78, 5) is 31.9. The molecule has 0 bridgehead atoms. The van der Waals surface area contributed by atoms with Crippen molar-refractivity contribution in [2.24, 2.45) is 5.92 Å². The van der Waals surface area contributed by atoms with Crippen LogP contribution in [0, 0.1) is 12.8 Å². The zero-order valence-corrected chi connectivity index (χ0v) is 17.2. The van der Waals surface area contributed by atoms with Crippen molar-refractivity contribution in [3.63, 3.8) is 0 Å².